The van der Waals surface area contributed by atoms with Crippen LogP contribution in [0.15, 0.2) is 24.3 Å². The Morgan fingerprint density at radius 1 is 1.46 bits per heavy atom. The molecule has 3 unspecified atom stereocenters. The number of epoxide rings is 1. The van der Waals surface area contributed by atoms with Crippen molar-refractivity contribution in [3.05, 3.63) is 29.8 Å². The summed E-state index contributed by atoms with van der Waals surface area (Å²) >= 11 is 0. The van der Waals surface area contributed by atoms with E-state index in [4.69, 9.17) is 4.74 Å². The van der Waals surface area contributed by atoms with Gasteiger partial charge in [-0.1, -0.05) is 29.8 Å². The molecule has 0 spiro atoms. The van der Waals surface area contributed by atoms with E-state index in [-0.39, 0.29) is 7.92 Å². The maximum atomic E-state index is 5.59. The van der Waals surface area contributed by atoms with Crippen LogP contribution in [0, 0.1) is 6.92 Å². The van der Waals surface area contributed by atoms with Crippen molar-refractivity contribution >= 4 is 13.2 Å². The van der Waals surface area contributed by atoms with Gasteiger partial charge in [-0.3, -0.25) is 0 Å². The Morgan fingerprint density at radius 2 is 2.38 bits per heavy atom. The standard InChI is InChI=1S/C11H13OP/c1-8-3-2-4-9(7-8)13-6-5-10-11(13)12-10/h2-4,7,10-11H,5-6H2,1H3. The minimum absolute atomic E-state index is 0.0342. The predicted molar refractivity (Wildman–Crippen MR) is 55.9 cm³/mol. The largest absolute Gasteiger partial charge is 0.364 e. The molecule has 2 aliphatic heterocycles. The van der Waals surface area contributed by atoms with Crippen LogP contribution in [0.3, 0.4) is 0 Å². The zero-order valence-corrected chi connectivity index (χ0v) is 8.63. The van der Waals surface area contributed by atoms with Gasteiger partial charge in [0.05, 0.1) is 6.10 Å². The quantitative estimate of drug-likeness (QED) is 0.491. The van der Waals surface area contributed by atoms with Crippen molar-refractivity contribution in [2.45, 2.75) is 25.3 Å². The summed E-state index contributed by atoms with van der Waals surface area (Å²) in [5.74, 6) is 0.622. The molecule has 0 aliphatic carbocycles. The summed E-state index contributed by atoms with van der Waals surface area (Å²) in [7, 11) is 0.0342. The van der Waals surface area contributed by atoms with Crippen molar-refractivity contribution in [1.82, 2.24) is 0 Å². The van der Waals surface area contributed by atoms with E-state index in [1.165, 1.54) is 18.1 Å². The van der Waals surface area contributed by atoms with E-state index >= 15 is 0 Å². The second kappa shape index (κ2) is 2.80. The Balaban J connectivity index is 1.91. The van der Waals surface area contributed by atoms with Crippen LogP contribution in [0.1, 0.15) is 12.0 Å². The SMILES string of the molecule is Cc1cccc(P2CCC3OC32)c1. The molecule has 2 heterocycles. The first kappa shape index (κ1) is 7.96. The fourth-order valence-electron chi connectivity index (χ4n) is 2.09. The molecule has 3 atom stereocenters. The van der Waals surface area contributed by atoms with Crippen LogP contribution in [0.5, 0.6) is 0 Å². The van der Waals surface area contributed by atoms with Gasteiger partial charge in [-0.2, -0.15) is 0 Å². The van der Waals surface area contributed by atoms with Crippen molar-refractivity contribution in [3.63, 3.8) is 0 Å². The van der Waals surface area contributed by atoms with E-state index in [2.05, 4.69) is 31.2 Å². The molecule has 0 saturated carbocycles. The average Bonchev–Trinajstić information content (AvgIpc) is 2.78. The Labute approximate surface area is 79.9 Å². The summed E-state index contributed by atoms with van der Waals surface area (Å²) in [5.41, 5.74) is 1.38. The molecule has 13 heavy (non-hydrogen) atoms. The third kappa shape index (κ3) is 1.31. The Kier molecular flexibility index (Phi) is 1.71. The molecule has 2 aliphatic rings. The average molecular weight is 192 g/mol. The van der Waals surface area contributed by atoms with Crippen LogP contribution >= 0.6 is 7.92 Å². The molecule has 0 amide bonds. The van der Waals surface area contributed by atoms with Crippen LogP contribution < -0.4 is 5.30 Å². The predicted octanol–water partition coefficient (Wildman–Crippen LogP) is 2.23. The van der Waals surface area contributed by atoms with E-state index < -0.39 is 0 Å². The second-order valence-electron chi connectivity index (χ2n) is 3.89. The summed E-state index contributed by atoms with van der Waals surface area (Å²) in [5, 5.41) is 1.54. The summed E-state index contributed by atoms with van der Waals surface area (Å²) in [6.45, 7) is 2.17. The molecule has 0 aromatic heterocycles. The van der Waals surface area contributed by atoms with Crippen molar-refractivity contribution in [3.8, 4) is 0 Å². The van der Waals surface area contributed by atoms with Crippen molar-refractivity contribution in [2.75, 3.05) is 6.16 Å². The highest BCUT2D eigenvalue weighted by Crippen LogP contribution is 2.59. The molecular weight excluding hydrogens is 179 g/mol. The number of fused-ring (bicyclic) bond motifs is 1. The van der Waals surface area contributed by atoms with Gasteiger partial charge in [0.1, 0.15) is 5.85 Å². The number of ether oxygens (including phenoxy) is 1. The summed E-state index contributed by atoms with van der Waals surface area (Å²) in [6.07, 6.45) is 3.31. The lowest BCUT2D eigenvalue weighted by atomic mass is 10.2. The summed E-state index contributed by atoms with van der Waals surface area (Å²) < 4.78 is 5.59. The molecule has 2 saturated heterocycles. The minimum Gasteiger partial charge on any atom is -0.364 e. The first-order chi connectivity index (χ1) is 6.34. The molecule has 3 rings (SSSR count). The molecule has 1 aromatic carbocycles. The van der Waals surface area contributed by atoms with Crippen molar-refractivity contribution < 1.29 is 4.74 Å². The van der Waals surface area contributed by atoms with Gasteiger partial charge >= 0.3 is 0 Å². The molecule has 2 heteroatoms. The molecule has 1 nitrogen and oxygen atoms in total. The fraction of sp³-hybridized carbons (Fsp3) is 0.455. The number of rotatable bonds is 1. The second-order valence-corrected chi connectivity index (χ2v) is 6.30. The van der Waals surface area contributed by atoms with Gasteiger partial charge in [0, 0.05) is 0 Å². The lowest BCUT2D eigenvalue weighted by Crippen LogP contribution is -2.04. The topological polar surface area (TPSA) is 12.5 Å². The normalized spacial score (nSPS) is 35.9. The molecule has 0 N–H and O–H groups in total. The number of hydrogen-bond acceptors (Lipinski definition) is 1. The maximum absolute atomic E-state index is 5.59. The van der Waals surface area contributed by atoms with Gasteiger partial charge in [0.15, 0.2) is 0 Å². The highest BCUT2D eigenvalue weighted by atomic mass is 31.1. The summed E-state index contributed by atoms with van der Waals surface area (Å²) in [4.78, 5) is 0. The van der Waals surface area contributed by atoms with Crippen LogP contribution in [0.2, 0.25) is 0 Å². The van der Waals surface area contributed by atoms with Gasteiger partial charge in [0.2, 0.25) is 0 Å². The third-order valence-electron chi connectivity index (χ3n) is 2.85. The van der Waals surface area contributed by atoms with E-state index in [0.717, 1.165) is 0 Å². The molecule has 2 fully saturated rings. The van der Waals surface area contributed by atoms with Gasteiger partial charge in [-0.05, 0) is 32.7 Å². The van der Waals surface area contributed by atoms with Gasteiger partial charge in [-0.25, -0.2) is 0 Å². The van der Waals surface area contributed by atoms with Gasteiger partial charge in [0.25, 0.3) is 0 Å². The zero-order chi connectivity index (χ0) is 8.84. The molecular formula is C11H13OP. The van der Waals surface area contributed by atoms with Crippen molar-refractivity contribution in [2.24, 2.45) is 0 Å². The van der Waals surface area contributed by atoms with Crippen LogP contribution in [-0.2, 0) is 4.74 Å². The molecule has 0 bridgehead atoms. The lowest BCUT2D eigenvalue weighted by Gasteiger charge is -2.11. The van der Waals surface area contributed by atoms with E-state index in [0.29, 0.717) is 11.9 Å². The number of benzene rings is 1. The molecule has 1 aromatic rings. The fourth-order valence-corrected chi connectivity index (χ4v) is 4.93. The van der Waals surface area contributed by atoms with Crippen molar-refractivity contribution in [1.29, 1.82) is 0 Å². The van der Waals surface area contributed by atoms with E-state index in [1.807, 2.05) is 0 Å². The minimum atomic E-state index is 0.0342. The van der Waals surface area contributed by atoms with E-state index in [1.54, 1.807) is 5.30 Å². The Morgan fingerprint density at radius 3 is 3.00 bits per heavy atom. The zero-order valence-electron chi connectivity index (χ0n) is 7.73. The Hall–Kier alpha value is -0.390. The first-order valence-corrected chi connectivity index (χ1v) is 6.43. The van der Waals surface area contributed by atoms with Gasteiger partial charge in [-0.15, -0.1) is 0 Å². The monoisotopic (exact) mass is 192 g/mol. The van der Waals surface area contributed by atoms with Gasteiger partial charge < -0.3 is 4.74 Å². The molecule has 68 valence electrons. The van der Waals surface area contributed by atoms with Crippen LogP contribution in [-0.4, -0.2) is 18.1 Å². The number of hydrogen-bond donors (Lipinski definition) is 0. The third-order valence-corrected chi connectivity index (χ3v) is 5.60. The number of aryl methyl sites for hydroxylation is 1. The van der Waals surface area contributed by atoms with E-state index in [9.17, 15) is 0 Å². The highest BCUT2D eigenvalue weighted by Gasteiger charge is 2.50. The first-order valence-electron chi connectivity index (χ1n) is 4.83. The Bertz CT molecular complexity index is 337. The lowest BCUT2D eigenvalue weighted by molar-refractivity contribution is 0.387. The van der Waals surface area contributed by atoms with Crippen LogP contribution in [0.4, 0.5) is 0 Å². The summed E-state index contributed by atoms with van der Waals surface area (Å²) in [6, 6.07) is 8.93. The maximum Gasteiger partial charge on any atom is 0.107 e. The highest BCUT2D eigenvalue weighted by molar-refractivity contribution is 7.66. The molecule has 0 radical (unpaired) electrons. The van der Waals surface area contributed by atoms with Crippen LogP contribution in [0.25, 0.3) is 0 Å². The smallest absolute Gasteiger partial charge is 0.107 e.